The summed E-state index contributed by atoms with van der Waals surface area (Å²) in [7, 11) is 0. The highest BCUT2D eigenvalue weighted by atomic mass is 32.1. The molecule has 5 nitrogen and oxygen atoms in total. The van der Waals surface area contributed by atoms with Crippen LogP contribution in [0.25, 0.3) is 5.69 Å². The Hall–Kier alpha value is -2.68. The van der Waals surface area contributed by atoms with Crippen molar-refractivity contribution in [3.63, 3.8) is 0 Å². The van der Waals surface area contributed by atoms with E-state index in [1.165, 1.54) is 29.7 Å². The summed E-state index contributed by atoms with van der Waals surface area (Å²) in [5.74, 6) is -0.903. The fourth-order valence-corrected chi connectivity index (χ4v) is 2.91. The fourth-order valence-electron chi connectivity index (χ4n) is 2.25. The SMILES string of the molecule is Cc1ccc(-n2ncc(C(=O)Nc3ncc(C)s3)c2C(F)(F)F)cc1. The molecule has 25 heavy (non-hydrogen) atoms. The van der Waals surface area contributed by atoms with Gasteiger partial charge < -0.3 is 0 Å². The van der Waals surface area contributed by atoms with Gasteiger partial charge >= 0.3 is 6.18 Å². The van der Waals surface area contributed by atoms with Crippen molar-refractivity contribution in [3.8, 4) is 5.69 Å². The van der Waals surface area contributed by atoms with Gasteiger partial charge in [0.2, 0.25) is 0 Å². The molecule has 3 rings (SSSR count). The van der Waals surface area contributed by atoms with Gasteiger partial charge in [-0.15, -0.1) is 11.3 Å². The second-order valence-corrected chi connectivity index (χ2v) is 6.62. The van der Waals surface area contributed by atoms with Gasteiger partial charge in [0.25, 0.3) is 5.91 Å². The molecule has 0 spiro atoms. The number of benzene rings is 1. The molecule has 0 saturated heterocycles. The van der Waals surface area contributed by atoms with Crippen LogP contribution in [-0.4, -0.2) is 20.7 Å². The summed E-state index contributed by atoms with van der Waals surface area (Å²) in [5, 5.41) is 6.38. The Labute approximate surface area is 145 Å². The van der Waals surface area contributed by atoms with Gasteiger partial charge in [0.15, 0.2) is 10.8 Å². The molecule has 0 saturated carbocycles. The number of hydrogen-bond donors (Lipinski definition) is 1. The number of thiazole rings is 1. The lowest BCUT2D eigenvalue weighted by Crippen LogP contribution is -2.20. The smallest absolute Gasteiger partial charge is 0.298 e. The predicted molar refractivity (Wildman–Crippen MR) is 88.1 cm³/mol. The highest BCUT2D eigenvalue weighted by Gasteiger charge is 2.40. The second kappa shape index (κ2) is 6.32. The number of hydrogen-bond acceptors (Lipinski definition) is 4. The Morgan fingerprint density at radius 2 is 1.84 bits per heavy atom. The topological polar surface area (TPSA) is 59.8 Å². The molecule has 0 aliphatic carbocycles. The van der Waals surface area contributed by atoms with Gasteiger partial charge in [0, 0.05) is 11.1 Å². The van der Waals surface area contributed by atoms with Crippen LogP contribution in [0.1, 0.15) is 26.5 Å². The minimum absolute atomic E-state index is 0.224. The largest absolute Gasteiger partial charge is 0.434 e. The van der Waals surface area contributed by atoms with E-state index < -0.39 is 23.3 Å². The third-order valence-electron chi connectivity index (χ3n) is 3.40. The van der Waals surface area contributed by atoms with Gasteiger partial charge in [0.05, 0.1) is 17.4 Å². The standard InChI is InChI=1S/C16H13F3N4OS/c1-9-3-5-11(6-4-9)23-13(16(17,18)19)12(8-21-23)14(24)22-15-20-7-10(2)25-15/h3-8H,1-2H3,(H,20,22,24). The van der Waals surface area contributed by atoms with Crippen molar-refractivity contribution in [3.05, 3.63) is 58.4 Å². The van der Waals surface area contributed by atoms with Crippen LogP contribution in [0.5, 0.6) is 0 Å². The molecule has 2 aromatic heterocycles. The van der Waals surface area contributed by atoms with Gasteiger partial charge in [-0.3, -0.25) is 10.1 Å². The Morgan fingerprint density at radius 1 is 1.16 bits per heavy atom. The number of amides is 1. The summed E-state index contributed by atoms with van der Waals surface area (Å²) in [5.41, 5.74) is -0.549. The van der Waals surface area contributed by atoms with Crippen molar-refractivity contribution >= 4 is 22.4 Å². The number of rotatable bonds is 3. The van der Waals surface area contributed by atoms with Crippen LogP contribution < -0.4 is 5.32 Å². The Morgan fingerprint density at radius 3 is 2.40 bits per heavy atom. The van der Waals surface area contributed by atoms with Gasteiger partial charge in [-0.25, -0.2) is 9.67 Å². The van der Waals surface area contributed by atoms with E-state index in [0.29, 0.717) is 0 Å². The van der Waals surface area contributed by atoms with E-state index in [1.54, 1.807) is 19.1 Å². The summed E-state index contributed by atoms with van der Waals surface area (Å²) in [4.78, 5) is 17.1. The zero-order valence-corrected chi connectivity index (χ0v) is 14.1. The summed E-state index contributed by atoms with van der Waals surface area (Å²) in [6.07, 6.45) is -2.30. The van der Waals surface area contributed by atoms with Crippen LogP contribution in [0.2, 0.25) is 0 Å². The van der Waals surface area contributed by atoms with E-state index in [2.05, 4.69) is 15.4 Å². The highest BCUT2D eigenvalue weighted by molar-refractivity contribution is 7.15. The zero-order valence-electron chi connectivity index (χ0n) is 13.3. The lowest BCUT2D eigenvalue weighted by Gasteiger charge is -2.12. The number of anilines is 1. The third-order valence-corrected chi connectivity index (χ3v) is 4.23. The number of aromatic nitrogens is 3. The van der Waals surface area contributed by atoms with E-state index >= 15 is 0 Å². The maximum Gasteiger partial charge on any atom is 0.434 e. The van der Waals surface area contributed by atoms with Crippen LogP contribution in [0.3, 0.4) is 0 Å². The molecule has 2 heterocycles. The monoisotopic (exact) mass is 366 g/mol. The van der Waals surface area contributed by atoms with Crippen molar-refractivity contribution < 1.29 is 18.0 Å². The molecule has 0 fully saturated rings. The molecule has 0 unspecified atom stereocenters. The number of carbonyl (C=O) groups excluding carboxylic acids is 1. The quantitative estimate of drug-likeness (QED) is 0.755. The minimum Gasteiger partial charge on any atom is -0.298 e. The average Bonchev–Trinajstić information content (AvgIpc) is 3.14. The van der Waals surface area contributed by atoms with Crippen molar-refractivity contribution in [1.29, 1.82) is 0 Å². The molecule has 3 aromatic rings. The second-order valence-electron chi connectivity index (χ2n) is 5.38. The van der Waals surface area contributed by atoms with Crippen molar-refractivity contribution in [1.82, 2.24) is 14.8 Å². The van der Waals surface area contributed by atoms with Gasteiger partial charge in [-0.05, 0) is 26.0 Å². The number of carbonyl (C=O) groups is 1. The highest BCUT2D eigenvalue weighted by Crippen LogP contribution is 2.34. The first-order valence-corrected chi connectivity index (χ1v) is 8.03. The van der Waals surface area contributed by atoms with Crippen LogP contribution >= 0.6 is 11.3 Å². The number of nitrogens with one attached hydrogen (secondary N) is 1. The van der Waals surface area contributed by atoms with Crippen molar-refractivity contribution in [2.45, 2.75) is 20.0 Å². The predicted octanol–water partition coefficient (Wildman–Crippen LogP) is 4.22. The molecule has 9 heteroatoms. The lowest BCUT2D eigenvalue weighted by atomic mass is 10.2. The van der Waals surface area contributed by atoms with Gasteiger partial charge in [-0.1, -0.05) is 17.7 Å². The molecule has 1 amide bonds. The fraction of sp³-hybridized carbons (Fsp3) is 0.188. The normalized spacial score (nSPS) is 11.6. The molecule has 1 N–H and O–H groups in total. The summed E-state index contributed by atoms with van der Waals surface area (Å²) in [6.45, 7) is 3.61. The summed E-state index contributed by atoms with van der Waals surface area (Å²) < 4.78 is 41.4. The molecule has 0 atom stereocenters. The molecule has 0 aliphatic heterocycles. The van der Waals surface area contributed by atoms with E-state index in [1.807, 2.05) is 6.92 Å². The Bertz CT molecular complexity index is 912. The number of halogens is 3. The molecule has 0 bridgehead atoms. The molecule has 130 valence electrons. The number of aryl methyl sites for hydroxylation is 2. The summed E-state index contributed by atoms with van der Waals surface area (Å²) >= 11 is 1.18. The Balaban J connectivity index is 2.02. The summed E-state index contributed by atoms with van der Waals surface area (Å²) in [6, 6.07) is 6.39. The first kappa shape index (κ1) is 17.2. The van der Waals surface area contributed by atoms with E-state index in [4.69, 9.17) is 0 Å². The van der Waals surface area contributed by atoms with Crippen LogP contribution in [-0.2, 0) is 6.18 Å². The van der Waals surface area contributed by atoms with Crippen molar-refractivity contribution in [2.24, 2.45) is 0 Å². The van der Waals surface area contributed by atoms with Crippen LogP contribution in [0.4, 0.5) is 18.3 Å². The molecule has 1 aromatic carbocycles. The maximum absolute atomic E-state index is 13.6. The first-order valence-electron chi connectivity index (χ1n) is 7.22. The zero-order chi connectivity index (χ0) is 18.2. The third kappa shape index (κ3) is 3.55. The Kier molecular flexibility index (Phi) is 4.34. The van der Waals surface area contributed by atoms with E-state index in [-0.39, 0.29) is 10.8 Å². The average molecular weight is 366 g/mol. The lowest BCUT2D eigenvalue weighted by molar-refractivity contribution is -0.143. The maximum atomic E-state index is 13.6. The number of alkyl halides is 3. The molecular formula is C16H13F3N4OS. The van der Waals surface area contributed by atoms with Crippen LogP contribution in [0, 0.1) is 13.8 Å². The van der Waals surface area contributed by atoms with Gasteiger partial charge in [0.1, 0.15) is 0 Å². The molecule has 0 radical (unpaired) electrons. The number of nitrogens with zero attached hydrogens (tertiary/aromatic N) is 3. The van der Waals surface area contributed by atoms with E-state index in [9.17, 15) is 18.0 Å². The molecular weight excluding hydrogens is 353 g/mol. The first-order chi connectivity index (χ1) is 11.8. The minimum atomic E-state index is -4.74. The van der Waals surface area contributed by atoms with Crippen LogP contribution in [0.15, 0.2) is 36.7 Å². The van der Waals surface area contributed by atoms with Crippen molar-refractivity contribution in [2.75, 3.05) is 5.32 Å². The van der Waals surface area contributed by atoms with Gasteiger partial charge in [-0.2, -0.15) is 18.3 Å². The molecule has 0 aliphatic rings. The van der Waals surface area contributed by atoms with E-state index in [0.717, 1.165) is 21.3 Å².